The molecular weight excluding hydrogens is 402 g/mol. The highest BCUT2D eigenvalue weighted by Crippen LogP contribution is 2.33. The Kier molecular flexibility index (Phi) is 8.34. The fourth-order valence-corrected chi connectivity index (χ4v) is 3.78. The predicted molar refractivity (Wildman–Crippen MR) is 120 cm³/mol. The summed E-state index contributed by atoms with van der Waals surface area (Å²) in [6.45, 7) is 4.32. The maximum absolute atomic E-state index is 11.3. The third kappa shape index (κ3) is 6.34. The van der Waals surface area contributed by atoms with Gasteiger partial charge in [0.2, 0.25) is 5.91 Å². The Hall–Kier alpha value is -2.31. The molecule has 162 valence electrons. The van der Waals surface area contributed by atoms with Crippen LogP contribution in [0.1, 0.15) is 31.7 Å². The van der Waals surface area contributed by atoms with E-state index in [0.717, 1.165) is 30.8 Å². The zero-order valence-electron chi connectivity index (χ0n) is 17.6. The molecule has 2 N–H and O–H groups in total. The number of hydrogen-bond donors (Lipinski definition) is 2. The van der Waals surface area contributed by atoms with Crippen molar-refractivity contribution in [2.75, 3.05) is 26.8 Å². The van der Waals surface area contributed by atoms with E-state index in [4.69, 9.17) is 21.1 Å². The predicted octanol–water partition coefficient (Wildman–Crippen LogP) is 3.77. The average Bonchev–Trinajstić information content (AvgIpc) is 2.75. The molecule has 1 aliphatic carbocycles. The molecule has 6 nitrogen and oxygen atoms in total. The molecule has 0 bridgehead atoms. The third-order valence-electron chi connectivity index (χ3n) is 5.27. The minimum atomic E-state index is -0.0368. The van der Waals surface area contributed by atoms with Gasteiger partial charge in [0.15, 0.2) is 0 Å². The number of nitrogens with zero attached hydrogens (tertiary/aromatic N) is 1. The standard InChI is InChI=1S/C23H30ClN3O3/c1-16-14-22(20(24)15-19(16)21-8-9-23(28)27-26-21)30-13-10-17-4-6-18(7-5-17)29-12-3-11-25-2/h4-7,14-16,19,25H,3,8-13H2,1-2H3,(H,27,28). The van der Waals surface area contributed by atoms with Crippen molar-refractivity contribution in [1.29, 1.82) is 0 Å². The highest BCUT2D eigenvalue weighted by Gasteiger charge is 2.28. The van der Waals surface area contributed by atoms with Crippen molar-refractivity contribution in [2.24, 2.45) is 16.9 Å². The van der Waals surface area contributed by atoms with Crippen LogP contribution >= 0.6 is 11.6 Å². The molecule has 0 saturated carbocycles. The number of halogens is 1. The van der Waals surface area contributed by atoms with E-state index in [2.05, 4.69) is 34.9 Å². The number of amides is 1. The minimum Gasteiger partial charge on any atom is -0.494 e. The molecular formula is C23H30ClN3O3. The minimum absolute atomic E-state index is 0.0368. The van der Waals surface area contributed by atoms with Crippen molar-refractivity contribution in [3.63, 3.8) is 0 Å². The fraction of sp³-hybridized carbons (Fsp3) is 0.478. The second-order valence-corrected chi connectivity index (χ2v) is 8.02. The molecule has 3 rings (SSSR count). The lowest BCUT2D eigenvalue weighted by Crippen LogP contribution is -2.32. The summed E-state index contributed by atoms with van der Waals surface area (Å²) in [6, 6.07) is 8.13. The monoisotopic (exact) mass is 431 g/mol. The van der Waals surface area contributed by atoms with Crippen molar-refractivity contribution in [2.45, 2.75) is 32.6 Å². The number of carbonyl (C=O) groups excluding carboxylic acids is 1. The van der Waals surface area contributed by atoms with Gasteiger partial charge in [0.25, 0.3) is 0 Å². The SMILES string of the molecule is CNCCCOc1ccc(CCOC2=CC(C)C(C3=NNC(=O)CC3)C=C2Cl)cc1. The van der Waals surface area contributed by atoms with E-state index in [1.807, 2.05) is 31.3 Å². The van der Waals surface area contributed by atoms with Crippen LogP contribution < -0.4 is 15.5 Å². The summed E-state index contributed by atoms with van der Waals surface area (Å²) >= 11 is 6.47. The van der Waals surface area contributed by atoms with Gasteiger partial charge in [-0.3, -0.25) is 4.79 Å². The number of hydrazone groups is 1. The molecule has 0 spiro atoms. The van der Waals surface area contributed by atoms with E-state index in [-0.39, 0.29) is 17.7 Å². The van der Waals surface area contributed by atoms with Crippen LogP contribution in [0.4, 0.5) is 0 Å². The molecule has 0 fully saturated rings. The normalized spacial score (nSPS) is 21.3. The Morgan fingerprint density at radius 2 is 1.97 bits per heavy atom. The average molecular weight is 432 g/mol. The molecule has 0 saturated heterocycles. The number of hydrogen-bond acceptors (Lipinski definition) is 5. The van der Waals surface area contributed by atoms with Gasteiger partial charge in [-0.1, -0.05) is 36.7 Å². The maximum Gasteiger partial charge on any atom is 0.240 e. The molecule has 1 aromatic rings. The van der Waals surface area contributed by atoms with Gasteiger partial charge in [-0.2, -0.15) is 5.10 Å². The van der Waals surface area contributed by atoms with Crippen LogP contribution in [0, 0.1) is 11.8 Å². The van der Waals surface area contributed by atoms with Crippen molar-refractivity contribution in [3.8, 4) is 5.75 Å². The number of allylic oxidation sites excluding steroid dienone is 3. The van der Waals surface area contributed by atoms with Gasteiger partial charge in [0, 0.05) is 24.5 Å². The first-order chi connectivity index (χ1) is 14.6. The number of nitrogens with one attached hydrogen (secondary N) is 2. The topological polar surface area (TPSA) is 71.9 Å². The maximum atomic E-state index is 11.3. The summed E-state index contributed by atoms with van der Waals surface area (Å²) in [5.74, 6) is 1.86. The Balaban J connectivity index is 1.46. The van der Waals surface area contributed by atoms with Crippen LogP contribution in [-0.4, -0.2) is 38.4 Å². The van der Waals surface area contributed by atoms with Gasteiger partial charge in [-0.05, 0) is 56.1 Å². The van der Waals surface area contributed by atoms with E-state index in [9.17, 15) is 4.79 Å². The first kappa shape index (κ1) is 22.4. The molecule has 2 atom stereocenters. The second kappa shape index (κ2) is 11.2. The second-order valence-electron chi connectivity index (χ2n) is 7.62. The number of rotatable bonds is 10. The molecule has 30 heavy (non-hydrogen) atoms. The Bertz CT molecular complexity index is 817. The number of carbonyl (C=O) groups is 1. The molecule has 7 heteroatoms. The van der Waals surface area contributed by atoms with E-state index < -0.39 is 0 Å². The Labute approximate surface area is 183 Å². The first-order valence-electron chi connectivity index (χ1n) is 10.5. The molecule has 0 aromatic heterocycles. The largest absolute Gasteiger partial charge is 0.494 e. The summed E-state index contributed by atoms with van der Waals surface area (Å²) < 4.78 is 11.7. The van der Waals surface area contributed by atoms with Crippen molar-refractivity contribution in [3.05, 3.63) is 52.8 Å². The molecule has 2 unspecified atom stereocenters. The highest BCUT2D eigenvalue weighted by atomic mass is 35.5. The smallest absolute Gasteiger partial charge is 0.240 e. The van der Waals surface area contributed by atoms with Crippen molar-refractivity contribution >= 4 is 23.2 Å². The summed E-state index contributed by atoms with van der Waals surface area (Å²) in [6.07, 6.45) is 6.95. The fourth-order valence-electron chi connectivity index (χ4n) is 3.53. The van der Waals surface area contributed by atoms with Crippen LogP contribution in [-0.2, 0) is 16.0 Å². The zero-order chi connectivity index (χ0) is 21.3. The lowest BCUT2D eigenvalue weighted by molar-refractivity contribution is -0.121. The molecule has 1 aromatic carbocycles. The van der Waals surface area contributed by atoms with Gasteiger partial charge in [-0.15, -0.1) is 0 Å². The van der Waals surface area contributed by atoms with Gasteiger partial charge in [0.05, 0.1) is 18.2 Å². The molecule has 1 heterocycles. The van der Waals surface area contributed by atoms with Crippen LogP contribution in [0.15, 0.2) is 52.3 Å². The molecule has 1 amide bonds. The number of benzene rings is 1. The van der Waals surface area contributed by atoms with Crippen LogP contribution in [0.3, 0.4) is 0 Å². The van der Waals surface area contributed by atoms with E-state index >= 15 is 0 Å². The van der Waals surface area contributed by atoms with E-state index in [0.29, 0.717) is 36.8 Å². The molecule has 0 radical (unpaired) electrons. The van der Waals surface area contributed by atoms with Gasteiger partial charge < -0.3 is 14.8 Å². The zero-order valence-corrected chi connectivity index (χ0v) is 18.4. The third-order valence-corrected chi connectivity index (χ3v) is 5.58. The van der Waals surface area contributed by atoms with Crippen LogP contribution in [0.2, 0.25) is 0 Å². The van der Waals surface area contributed by atoms with Crippen LogP contribution in [0.25, 0.3) is 0 Å². The van der Waals surface area contributed by atoms with E-state index in [1.165, 1.54) is 5.56 Å². The van der Waals surface area contributed by atoms with Crippen molar-refractivity contribution < 1.29 is 14.3 Å². The van der Waals surface area contributed by atoms with Crippen molar-refractivity contribution in [1.82, 2.24) is 10.7 Å². The lowest BCUT2D eigenvalue weighted by Gasteiger charge is -2.27. The summed E-state index contributed by atoms with van der Waals surface area (Å²) in [5.41, 5.74) is 4.71. The first-order valence-corrected chi connectivity index (χ1v) is 10.9. The summed E-state index contributed by atoms with van der Waals surface area (Å²) in [5, 5.41) is 7.92. The number of ether oxygens (including phenoxy) is 2. The Morgan fingerprint density at radius 3 is 2.67 bits per heavy atom. The molecule has 1 aliphatic heterocycles. The van der Waals surface area contributed by atoms with Gasteiger partial charge >= 0.3 is 0 Å². The Morgan fingerprint density at radius 1 is 1.17 bits per heavy atom. The lowest BCUT2D eigenvalue weighted by atomic mass is 9.83. The quantitative estimate of drug-likeness (QED) is 0.553. The van der Waals surface area contributed by atoms with Gasteiger partial charge in [-0.25, -0.2) is 5.43 Å². The summed E-state index contributed by atoms with van der Waals surface area (Å²) in [7, 11) is 1.94. The van der Waals surface area contributed by atoms with E-state index in [1.54, 1.807) is 0 Å². The highest BCUT2D eigenvalue weighted by molar-refractivity contribution is 6.32. The van der Waals surface area contributed by atoms with Crippen LogP contribution in [0.5, 0.6) is 5.75 Å². The molecule has 2 aliphatic rings. The summed E-state index contributed by atoms with van der Waals surface area (Å²) in [4.78, 5) is 11.3. The van der Waals surface area contributed by atoms with Gasteiger partial charge in [0.1, 0.15) is 11.5 Å².